The van der Waals surface area contributed by atoms with Gasteiger partial charge in [-0.05, 0) is 64.2 Å². The fourth-order valence-electron chi connectivity index (χ4n) is 4.92. The molecule has 1 aliphatic heterocycles. The van der Waals surface area contributed by atoms with Gasteiger partial charge in [0.1, 0.15) is 29.2 Å². The molecule has 1 unspecified atom stereocenters. The molecule has 1 fully saturated rings. The Morgan fingerprint density at radius 1 is 1.26 bits per heavy atom. The van der Waals surface area contributed by atoms with Crippen molar-refractivity contribution in [2.24, 2.45) is 0 Å². The first-order valence-corrected chi connectivity index (χ1v) is 11.4. The maximum absolute atomic E-state index is 12.9. The topological polar surface area (TPSA) is 73.4 Å². The Balaban J connectivity index is 1.24. The molecule has 31 heavy (non-hydrogen) atoms. The quantitative estimate of drug-likeness (QED) is 0.614. The summed E-state index contributed by atoms with van der Waals surface area (Å²) in [6.07, 6.45) is 8.24. The number of carbonyl (C=O) groups excluding carboxylic acids is 1. The predicted molar refractivity (Wildman–Crippen MR) is 117 cm³/mol. The third-order valence-electron chi connectivity index (χ3n) is 6.59. The van der Waals surface area contributed by atoms with E-state index in [0.29, 0.717) is 12.6 Å². The number of hydrogen-bond donors (Lipinski definition) is 0. The van der Waals surface area contributed by atoms with Crippen LogP contribution in [0.2, 0.25) is 0 Å². The summed E-state index contributed by atoms with van der Waals surface area (Å²) in [5, 5.41) is 9.57. The number of piperidine rings is 1. The lowest BCUT2D eigenvalue weighted by atomic mass is 9.96. The van der Waals surface area contributed by atoms with Gasteiger partial charge in [-0.3, -0.25) is 4.79 Å². The summed E-state index contributed by atoms with van der Waals surface area (Å²) < 4.78 is 14.0. The molecule has 0 radical (unpaired) electrons. The molecule has 0 spiro atoms. The fraction of sp³-hybridized carbons (Fsp3) is 0.542. The van der Waals surface area contributed by atoms with Gasteiger partial charge in [-0.2, -0.15) is 0 Å². The van der Waals surface area contributed by atoms with Crippen molar-refractivity contribution in [3.8, 4) is 5.75 Å². The zero-order chi connectivity index (χ0) is 21.4. The zero-order valence-electron chi connectivity index (χ0n) is 18.3. The van der Waals surface area contributed by atoms with Crippen molar-refractivity contribution in [3.05, 3.63) is 41.7 Å². The number of hydrogen-bond acceptors (Lipinski definition) is 5. The number of likely N-dealkylation sites (tertiary alicyclic amines) is 1. The molecule has 3 heterocycles. The van der Waals surface area contributed by atoms with Gasteiger partial charge in [0.2, 0.25) is 0 Å². The third-order valence-corrected chi connectivity index (χ3v) is 6.59. The number of rotatable bonds is 5. The minimum absolute atomic E-state index is 0.0228. The Bertz CT molecular complexity index is 1080. The van der Waals surface area contributed by atoms with Crippen molar-refractivity contribution in [3.63, 3.8) is 0 Å². The van der Waals surface area contributed by atoms with E-state index in [1.807, 2.05) is 23.1 Å². The van der Waals surface area contributed by atoms with Crippen LogP contribution in [-0.2, 0) is 17.6 Å². The van der Waals surface area contributed by atoms with Gasteiger partial charge in [0, 0.05) is 42.4 Å². The van der Waals surface area contributed by atoms with Crippen LogP contribution in [-0.4, -0.2) is 45.3 Å². The van der Waals surface area contributed by atoms with Crippen molar-refractivity contribution in [2.75, 3.05) is 19.7 Å². The van der Waals surface area contributed by atoms with Crippen LogP contribution in [0.5, 0.6) is 5.75 Å². The minimum Gasteiger partial charge on any atom is -0.484 e. The lowest BCUT2D eigenvalue weighted by Crippen LogP contribution is -2.42. The van der Waals surface area contributed by atoms with E-state index in [1.165, 1.54) is 18.4 Å². The van der Waals surface area contributed by atoms with Crippen molar-refractivity contribution < 1.29 is 13.9 Å². The second kappa shape index (κ2) is 8.36. The Hall–Kier alpha value is -2.83. The first kappa shape index (κ1) is 20.1. The second-order valence-corrected chi connectivity index (χ2v) is 9.03. The highest BCUT2D eigenvalue weighted by atomic mass is 16.5. The van der Waals surface area contributed by atoms with Crippen LogP contribution < -0.4 is 4.74 Å². The normalized spacial score (nSPS) is 19.1. The lowest BCUT2D eigenvalue weighted by Gasteiger charge is -2.32. The standard InChI is InChI=1S/C24H30N4O3/c1-16(2)28-15-25-26-24(28)17-6-5-11-27(13-17)23(29)14-30-18-9-10-22-20(12-18)19-7-3-4-8-21(19)31-22/h9-10,12,15-17H,3-8,11,13-14H2,1-2H3. The summed E-state index contributed by atoms with van der Waals surface area (Å²) >= 11 is 0. The molecule has 1 aliphatic carbocycles. The molecular weight excluding hydrogens is 392 g/mol. The van der Waals surface area contributed by atoms with E-state index in [0.717, 1.165) is 60.5 Å². The molecule has 2 aliphatic rings. The molecule has 5 rings (SSSR count). The summed E-state index contributed by atoms with van der Waals surface area (Å²) in [5.74, 6) is 3.06. The number of fused-ring (bicyclic) bond motifs is 3. The fourth-order valence-corrected chi connectivity index (χ4v) is 4.92. The van der Waals surface area contributed by atoms with Crippen LogP contribution in [0.3, 0.4) is 0 Å². The molecule has 7 nitrogen and oxygen atoms in total. The predicted octanol–water partition coefficient (Wildman–Crippen LogP) is 4.27. The first-order valence-electron chi connectivity index (χ1n) is 11.4. The molecule has 1 saturated heterocycles. The van der Waals surface area contributed by atoms with Gasteiger partial charge in [0.15, 0.2) is 6.61 Å². The highest BCUT2D eigenvalue weighted by Gasteiger charge is 2.28. The van der Waals surface area contributed by atoms with Crippen LogP contribution in [0.25, 0.3) is 11.0 Å². The first-order chi connectivity index (χ1) is 15.1. The van der Waals surface area contributed by atoms with Gasteiger partial charge in [0.25, 0.3) is 5.91 Å². The molecular formula is C24H30N4O3. The number of benzene rings is 1. The van der Waals surface area contributed by atoms with E-state index in [9.17, 15) is 4.79 Å². The number of carbonyl (C=O) groups is 1. The average Bonchev–Trinajstić information content (AvgIpc) is 3.42. The van der Waals surface area contributed by atoms with Crippen LogP contribution in [0.15, 0.2) is 28.9 Å². The summed E-state index contributed by atoms with van der Waals surface area (Å²) in [5.41, 5.74) is 2.23. The van der Waals surface area contributed by atoms with Gasteiger partial charge in [0.05, 0.1) is 0 Å². The monoisotopic (exact) mass is 422 g/mol. The van der Waals surface area contributed by atoms with Crippen molar-refractivity contribution in [1.82, 2.24) is 19.7 Å². The van der Waals surface area contributed by atoms with Crippen LogP contribution in [0.1, 0.15) is 68.6 Å². The maximum Gasteiger partial charge on any atom is 0.260 e. The number of amides is 1. The zero-order valence-corrected chi connectivity index (χ0v) is 18.3. The van der Waals surface area contributed by atoms with E-state index < -0.39 is 0 Å². The second-order valence-electron chi connectivity index (χ2n) is 9.03. The molecule has 3 aromatic rings. The largest absolute Gasteiger partial charge is 0.484 e. The van der Waals surface area contributed by atoms with Gasteiger partial charge < -0.3 is 18.6 Å². The summed E-state index contributed by atoms with van der Waals surface area (Å²) in [6, 6.07) is 6.20. The van der Waals surface area contributed by atoms with E-state index >= 15 is 0 Å². The van der Waals surface area contributed by atoms with Gasteiger partial charge in [-0.15, -0.1) is 10.2 Å². The Morgan fingerprint density at radius 2 is 2.13 bits per heavy atom. The van der Waals surface area contributed by atoms with Gasteiger partial charge in [-0.1, -0.05) is 0 Å². The highest BCUT2D eigenvalue weighted by molar-refractivity contribution is 5.84. The number of nitrogens with zero attached hydrogens (tertiary/aromatic N) is 4. The molecule has 1 aromatic carbocycles. The highest BCUT2D eigenvalue weighted by Crippen LogP contribution is 2.34. The summed E-state index contributed by atoms with van der Waals surface area (Å²) in [6.45, 7) is 5.74. The van der Waals surface area contributed by atoms with E-state index in [-0.39, 0.29) is 18.4 Å². The minimum atomic E-state index is 0.0228. The maximum atomic E-state index is 12.9. The Kier molecular flexibility index (Phi) is 5.42. The molecule has 0 saturated carbocycles. The summed E-state index contributed by atoms with van der Waals surface area (Å²) in [7, 11) is 0. The van der Waals surface area contributed by atoms with E-state index in [1.54, 1.807) is 6.33 Å². The smallest absolute Gasteiger partial charge is 0.260 e. The van der Waals surface area contributed by atoms with Crippen LogP contribution in [0, 0.1) is 0 Å². The van der Waals surface area contributed by atoms with Crippen molar-refractivity contribution in [1.29, 1.82) is 0 Å². The SMILES string of the molecule is CC(C)n1cnnc1C1CCCN(C(=O)COc2ccc3oc4c(c3c2)CCCC4)C1. The molecule has 1 amide bonds. The average molecular weight is 423 g/mol. The third kappa shape index (κ3) is 3.93. The van der Waals surface area contributed by atoms with Gasteiger partial charge >= 0.3 is 0 Å². The number of aromatic nitrogens is 3. The number of ether oxygens (including phenoxy) is 1. The Morgan fingerprint density at radius 3 is 3.00 bits per heavy atom. The van der Waals surface area contributed by atoms with Crippen molar-refractivity contribution >= 4 is 16.9 Å². The number of aryl methyl sites for hydroxylation is 2. The molecule has 0 N–H and O–H groups in total. The molecule has 0 bridgehead atoms. The molecule has 7 heteroatoms. The molecule has 1 atom stereocenters. The van der Waals surface area contributed by atoms with Crippen LogP contribution in [0.4, 0.5) is 0 Å². The number of furan rings is 1. The Labute approximate surface area is 182 Å². The molecule has 2 aromatic heterocycles. The lowest BCUT2D eigenvalue weighted by molar-refractivity contribution is -0.134. The molecule has 164 valence electrons. The van der Waals surface area contributed by atoms with Crippen molar-refractivity contribution in [2.45, 2.75) is 64.3 Å². The van der Waals surface area contributed by atoms with Gasteiger partial charge in [-0.25, -0.2) is 0 Å². The van der Waals surface area contributed by atoms with Crippen LogP contribution >= 0.6 is 0 Å². The van der Waals surface area contributed by atoms with E-state index in [2.05, 4.69) is 28.6 Å². The van der Waals surface area contributed by atoms with E-state index in [4.69, 9.17) is 9.15 Å². The summed E-state index contributed by atoms with van der Waals surface area (Å²) in [4.78, 5) is 14.8.